The maximum Gasteiger partial charge on any atom is 0.331 e. The fourth-order valence-electron chi connectivity index (χ4n) is 0.819. The Labute approximate surface area is 91.9 Å². The van der Waals surface area contributed by atoms with Gasteiger partial charge in [-0.05, 0) is 13.8 Å². The summed E-state index contributed by atoms with van der Waals surface area (Å²) in [4.78, 5) is 42.8. The van der Waals surface area contributed by atoms with Crippen molar-refractivity contribution in [1.29, 1.82) is 0 Å². The second-order valence-corrected chi connectivity index (χ2v) is 2.57. The lowest BCUT2D eigenvalue weighted by Crippen LogP contribution is -2.31. The van der Waals surface area contributed by atoms with Crippen molar-refractivity contribution in [3.8, 4) is 0 Å². The van der Waals surface area contributed by atoms with E-state index in [0.29, 0.717) is 0 Å². The number of carbonyl (C=O) groups is 4. The second kappa shape index (κ2) is 6.46. The highest BCUT2D eigenvalue weighted by Crippen LogP contribution is 2.03. The molecule has 0 aliphatic carbocycles. The highest BCUT2D eigenvalue weighted by atomic mass is 27.0. The summed E-state index contributed by atoms with van der Waals surface area (Å²) in [6.07, 6.45) is 0. The first kappa shape index (κ1) is 15.5. The molecular weight excluding hydrogens is 203 g/mol. The van der Waals surface area contributed by atoms with Gasteiger partial charge >= 0.3 is 11.9 Å². The molecule has 5 nitrogen and oxygen atoms in total. The molecule has 0 saturated heterocycles. The first-order valence-corrected chi connectivity index (χ1v) is 3.59. The van der Waals surface area contributed by atoms with E-state index in [4.69, 9.17) is 0 Å². The molecule has 0 spiro atoms. The van der Waals surface area contributed by atoms with Gasteiger partial charge in [0.05, 0.1) is 0 Å². The summed E-state index contributed by atoms with van der Waals surface area (Å²) >= 11 is 0. The maximum absolute atomic E-state index is 11.0. The maximum atomic E-state index is 11.0. The molecule has 78 valence electrons. The van der Waals surface area contributed by atoms with E-state index >= 15 is 0 Å². The molecule has 0 atom stereocenters. The van der Waals surface area contributed by atoms with Gasteiger partial charge < -0.3 is 4.74 Å². The lowest BCUT2D eigenvalue weighted by molar-refractivity contribution is -0.162. The lowest BCUT2D eigenvalue weighted by Gasteiger charge is -2.06. The van der Waals surface area contributed by atoms with E-state index in [1.807, 2.05) is 0 Å². The van der Waals surface area contributed by atoms with E-state index in [9.17, 15) is 19.2 Å². The lowest BCUT2D eigenvalue weighted by atomic mass is 10.0. The van der Waals surface area contributed by atoms with Crippen molar-refractivity contribution in [2.75, 3.05) is 0 Å². The molecule has 0 heterocycles. The minimum Gasteiger partial charge on any atom is -0.392 e. The Morgan fingerprint density at radius 1 is 0.929 bits per heavy atom. The van der Waals surface area contributed by atoms with Crippen molar-refractivity contribution in [2.24, 2.45) is 5.92 Å². The third kappa shape index (κ3) is 4.90. The van der Waals surface area contributed by atoms with Crippen LogP contribution in [-0.4, -0.2) is 40.9 Å². The molecule has 0 aromatic rings. The summed E-state index contributed by atoms with van der Waals surface area (Å²) in [5, 5.41) is 0. The van der Waals surface area contributed by atoms with Crippen LogP contribution in [0.3, 0.4) is 0 Å². The summed E-state index contributed by atoms with van der Waals surface area (Å²) in [6, 6.07) is 0. The van der Waals surface area contributed by atoms with E-state index in [2.05, 4.69) is 4.74 Å². The van der Waals surface area contributed by atoms with Crippen molar-refractivity contribution < 1.29 is 23.9 Å². The van der Waals surface area contributed by atoms with E-state index in [0.717, 1.165) is 20.8 Å². The molecular formula is C8H13AlO5. The van der Waals surface area contributed by atoms with Gasteiger partial charge in [-0.25, -0.2) is 0 Å². The van der Waals surface area contributed by atoms with Crippen molar-refractivity contribution in [1.82, 2.24) is 0 Å². The van der Waals surface area contributed by atoms with Gasteiger partial charge in [0.1, 0.15) is 0 Å². The normalized spacial score (nSPS) is 8.86. The zero-order chi connectivity index (χ0) is 10.6. The second-order valence-electron chi connectivity index (χ2n) is 2.57. The Morgan fingerprint density at radius 3 is 1.50 bits per heavy atom. The average molecular weight is 216 g/mol. The number of Topliss-reactive ketones (excluding diaryl/α,β-unsaturated/α-hetero) is 2. The molecule has 0 rings (SSSR count). The number of hydrogen-bond donors (Lipinski definition) is 0. The van der Waals surface area contributed by atoms with Gasteiger partial charge in [0, 0.05) is 6.92 Å². The predicted molar refractivity (Wildman–Crippen MR) is 51.6 cm³/mol. The van der Waals surface area contributed by atoms with Gasteiger partial charge in [-0.3, -0.25) is 19.2 Å². The fraction of sp³-hybridized carbons (Fsp3) is 0.500. The molecule has 0 amide bonds. The molecule has 0 radical (unpaired) electrons. The minimum atomic E-state index is -1.47. The first-order valence-electron chi connectivity index (χ1n) is 3.59. The molecule has 0 aliphatic heterocycles. The molecule has 0 aromatic heterocycles. The SMILES string of the molecule is CC(=O)OC(=O)C(C(C)=O)C(C)=O.[AlH3]. The van der Waals surface area contributed by atoms with Crippen LogP contribution in [0.15, 0.2) is 0 Å². The predicted octanol–water partition coefficient (Wildman–Crippen LogP) is -1.31. The molecule has 0 aromatic carbocycles. The first-order chi connectivity index (χ1) is 5.86. The molecule has 0 aliphatic rings. The molecule has 14 heavy (non-hydrogen) atoms. The van der Waals surface area contributed by atoms with E-state index in [1.165, 1.54) is 0 Å². The summed E-state index contributed by atoms with van der Waals surface area (Å²) in [6.45, 7) is 3.20. The van der Waals surface area contributed by atoms with Gasteiger partial charge in [0.15, 0.2) is 34.8 Å². The molecule has 0 bridgehead atoms. The monoisotopic (exact) mass is 216 g/mol. The van der Waals surface area contributed by atoms with Crippen LogP contribution in [0.5, 0.6) is 0 Å². The van der Waals surface area contributed by atoms with Gasteiger partial charge in [0.2, 0.25) is 0 Å². The van der Waals surface area contributed by atoms with E-state index in [-0.39, 0.29) is 17.4 Å². The van der Waals surface area contributed by atoms with Crippen LogP contribution in [0, 0.1) is 5.92 Å². The van der Waals surface area contributed by atoms with Crippen LogP contribution in [0.1, 0.15) is 20.8 Å². The van der Waals surface area contributed by atoms with Crippen LogP contribution in [-0.2, 0) is 23.9 Å². The number of ether oxygens (including phenoxy) is 1. The number of esters is 2. The van der Waals surface area contributed by atoms with Crippen molar-refractivity contribution in [3.05, 3.63) is 0 Å². The van der Waals surface area contributed by atoms with Crippen molar-refractivity contribution in [3.63, 3.8) is 0 Å². The average Bonchev–Trinajstić information content (AvgIpc) is 1.81. The number of carbonyl (C=O) groups excluding carboxylic acids is 4. The number of ketones is 2. The highest BCUT2D eigenvalue weighted by Gasteiger charge is 2.30. The Balaban J connectivity index is 0. The molecule has 6 heteroatoms. The van der Waals surface area contributed by atoms with Gasteiger partial charge in [-0.15, -0.1) is 0 Å². The fourth-order valence-corrected chi connectivity index (χ4v) is 0.819. The molecule has 0 fully saturated rings. The summed E-state index contributed by atoms with van der Waals surface area (Å²) in [7, 11) is 0. The van der Waals surface area contributed by atoms with Crippen LogP contribution >= 0.6 is 0 Å². The standard InChI is InChI=1S/C8H10O5.Al.3H/c1-4(9)7(5(2)10)8(12)13-6(3)11;;;;/h7H,1-3H3;;;;. The minimum absolute atomic E-state index is 0. The Bertz CT molecular complexity index is 257. The summed E-state index contributed by atoms with van der Waals surface area (Å²) in [5.41, 5.74) is 0. The van der Waals surface area contributed by atoms with Crippen LogP contribution in [0.2, 0.25) is 0 Å². The van der Waals surface area contributed by atoms with Gasteiger partial charge in [-0.2, -0.15) is 0 Å². The number of hydrogen-bond acceptors (Lipinski definition) is 5. The van der Waals surface area contributed by atoms with Crippen LogP contribution < -0.4 is 0 Å². The summed E-state index contributed by atoms with van der Waals surface area (Å²) in [5.74, 6) is -4.66. The largest absolute Gasteiger partial charge is 0.392 e. The Hall–Kier alpha value is -0.988. The molecule has 0 saturated carbocycles. The molecule has 0 unspecified atom stereocenters. The van der Waals surface area contributed by atoms with E-state index < -0.39 is 29.4 Å². The van der Waals surface area contributed by atoms with Crippen molar-refractivity contribution >= 4 is 40.9 Å². The Kier molecular flexibility index (Phi) is 7.15. The van der Waals surface area contributed by atoms with Gasteiger partial charge in [0.25, 0.3) is 0 Å². The topological polar surface area (TPSA) is 77.5 Å². The number of rotatable bonds is 3. The third-order valence-corrected chi connectivity index (χ3v) is 1.29. The highest BCUT2D eigenvalue weighted by molar-refractivity contribution is 6.17. The molecule has 0 N–H and O–H groups in total. The van der Waals surface area contributed by atoms with Crippen LogP contribution in [0.4, 0.5) is 0 Å². The van der Waals surface area contributed by atoms with Crippen molar-refractivity contribution in [2.45, 2.75) is 20.8 Å². The smallest absolute Gasteiger partial charge is 0.331 e. The van der Waals surface area contributed by atoms with E-state index in [1.54, 1.807) is 0 Å². The third-order valence-electron chi connectivity index (χ3n) is 1.29. The summed E-state index contributed by atoms with van der Waals surface area (Å²) < 4.78 is 4.12. The zero-order valence-corrected chi connectivity index (χ0v) is 7.62. The Morgan fingerprint density at radius 2 is 1.29 bits per heavy atom. The van der Waals surface area contributed by atoms with Gasteiger partial charge in [-0.1, -0.05) is 0 Å². The zero-order valence-electron chi connectivity index (χ0n) is 7.62. The quantitative estimate of drug-likeness (QED) is 0.332. The van der Waals surface area contributed by atoms with Crippen LogP contribution in [0.25, 0.3) is 0 Å².